The molecule has 1 fully saturated rings. The largest absolute Gasteiger partial charge is 0.477 e. The van der Waals surface area contributed by atoms with E-state index in [2.05, 4.69) is 25.7 Å². The Morgan fingerprint density at radius 1 is 1.50 bits per heavy atom. The number of nitrogens with two attached hydrogens (primary N) is 1. The number of thiazole rings is 1. The maximum atomic E-state index is 12.5. The van der Waals surface area contributed by atoms with E-state index >= 15 is 0 Å². The first-order valence-corrected chi connectivity index (χ1v) is 12.4. The summed E-state index contributed by atoms with van der Waals surface area (Å²) in [6.45, 7) is 1.79. The number of nitrogen functional groups attached to an aromatic ring is 1. The number of aromatic nitrogens is 3. The van der Waals surface area contributed by atoms with Crippen LogP contribution in [0.5, 0.6) is 0 Å². The van der Waals surface area contributed by atoms with Crippen LogP contribution in [0, 0.1) is 6.92 Å². The van der Waals surface area contributed by atoms with E-state index in [1.165, 1.54) is 39.8 Å². The summed E-state index contributed by atoms with van der Waals surface area (Å²) in [5.74, 6) is -2.35. The van der Waals surface area contributed by atoms with E-state index in [1.807, 2.05) is 0 Å². The van der Waals surface area contributed by atoms with Crippen LogP contribution >= 0.6 is 46.2 Å². The lowest BCUT2D eigenvalue weighted by Crippen LogP contribution is -2.61. The number of β-lactam (4-membered cyclic amide) rings is 1. The number of fused-ring (bicyclic) bond motifs is 1. The minimum absolute atomic E-state index is 0.0632. The van der Waals surface area contributed by atoms with Gasteiger partial charge in [0.25, 0.3) is 5.91 Å². The van der Waals surface area contributed by atoms with Crippen molar-refractivity contribution in [3.8, 4) is 0 Å². The van der Waals surface area contributed by atoms with Crippen molar-refractivity contribution >= 4 is 75.3 Å². The van der Waals surface area contributed by atoms with E-state index in [9.17, 15) is 19.5 Å². The zero-order valence-electron chi connectivity index (χ0n) is 16.2. The Hall–Kier alpha value is -2.69. The maximum absolute atomic E-state index is 12.5. The van der Waals surface area contributed by atoms with Crippen LogP contribution in [0.25, 0.3) is 0 Å². The zero-order chi connectivity index (χ0) is 23.0. The first-order chi connectivity index (χ1) is 15.2. The summed E-state index contributed by atoms with van der Waals surface area (Å²) in [6.07, 6.45) is 0.762. The predicted octanol–water partition coefficient (Wildman–Crippen LogP) is 1.05. The molecule has 5 N–H and O–H groups in total. The first-order valence-electron chi connectivity index (χ1n) is 8.86. The highest BCUT2D eigenvalue weighted by Crippen LogP contribution is 2.55. The summed E-state index contributed by atoms with van der Waals surface area (Å²) >= 11 is 4.86. The Kier molecular flexibility index (Phi) is 6.11. The van der Waals surface area contributed by atoms with E-state index in [1.54, 1.807) is 12.3 Å². The number of thioether (sulfide) groups is 2. The molecule has 0 bridgehead atoms. The Morgan fingerprint density at radius 3 is 2.84 bits per heavy atom. The Morgan fingerprint density at radius 2 is 2.28 bits per heavy atom. The van der Waals surface area contributed by atoms with Crippen molar-refractivity contribution in [1.29, 1.82) is 0 Å². The smallest absolute Gasteiger partial charge is 0.352 e. The van der Waals surface area contributed by atoms with Gasteiger partial charge < -0.3 is 21.4 Å². The molecule has 32 heavy (non-hydrogen) atoms. The number of carbonyl (C=O) groups is 3. The van der Waals surface area contributed by atoms with Crippen LogP contribution in [0.2, 0.25) is 0 Å². The van der Waals surface area contributed by atoms with Gasteiger partial charge >= 0.3 is 5.97 Å². The Labute approximate surface area is 197 Å². The highest BCUT2D eigenvalue weighted by molar-refractivity contribution is 8.02. The molecule has 168 valence electrons. The van der Waals surface area contributed by atoms with E-state index in [-0.39, 0.29) is 34.5 Å². The second-order valence-corrected chi connectivity index (χ2v) is 11.2. The number of rotatable bonds is 7. The second kappa shape index (κ2) is 8.68. The van der Waals surface area contributed by atoms with Crippen LogP contribution in [0.4, 0.5) is 5.13 Å². The molecule has 0 saturated carbocycles. The summed E-state index contributed by atoms with van der Waals surface area (Å²) in [5, 5.41) is 34.4. The zero-order valence-corrected chi connectivity index (χ0v) is 19.5. The number of carbonyl (C=O) groups excluding carboxylic acids is 2. The maximum Gasteiger partial charge on any atom is 0.352 e. The lowest BCUT2D eigenvalue weighted by atomic mass is 9.98. The van der Waals surface area contributed by atoms with Gasteiger partial charge in [-0.25, -0.2) is 9.78 Å². The fourth-order valence-electron chi connectivity index (χ4n) is 3.30. The highest BCUT2D eigenvalue weighted by Gasteiger charge is 2.56. The Balaban J connectivity index is 1.89. The number of oxime groups is 1. The fourth-order valence-corrected chi connectivity index (χ4v) is 7.65. The van der Waals surface area contributed by atoms with E-state index in [4.69, 9.17) is 10.9 Å². The van der Waals surface area contributed by atoms with Crippen molar-refractivity contribution in [2.24, 2.45) is 5.16 Å². The number of aliphatic carboxylic acids is 1. The third kappa shape index (κ3) is 3.94. The van der Waals surface area contributed by atoms with Crippen molar-refractivity contribution in [2.75, 3.05) is 11.5 Å². The summed E-state index contributed by atoms with van der Waals surface area (Å²) in [5.41, 5.74) is 6.15. The number of nitrogens with one attached hydrogen (secondary N) is 1. The molecule has 4 heterocycles. The van der Waals surface area contributed by atoms with Gasteiger partial charge in [0.2, 0.25) is 5.91 Å². The molecule has 2 aromatic heterocycles. The molecule has 2 aliphatic heterocycles. The molecule has 2 amide bonds. The third-order valence-electron chi connectivity index (χ3n) is 4.58. The molecule has 1 saturated heterocycles. The summed E-state index contributed by atoms with van der Waals surface area (Å²) in [6, 6.07) is 0. The number of amides is 2. The van der Waals surface area contributed by atoms with Crippen LogP contribution in [0.3, 0.4) is 0 Å². The molecular weight excluding hydrogens is 498 g/mol. The number of anilines is 1. The number of nitrogens with zero attached hydrogens (tertiary/aromatic N) is 5. The minimum Gasteiger partial charge on any atom is -0.477 e. The van der Waals surface area contributed by atoms with Gasteiger partial charge in [-0.15, -0.1) is 21.5 Å². The lowest BCUT2D eigenvalue weighted by Gasteiger charge is -2.51. The molecule has 0 aliphatic carbocycles. The SMILES string of the molecule is Cc1nnc(SCC2=C(C(=O)O)N3C(=O)C[C@@H]3SC2(NC(=O)C=NO)c2csc(N)n2)s1. The monoisotopic (exact) mass is 513 g/mol. The molecule has 2 aromatic rings. The number of hydrogen-bond donors (Lipinski definition) is 4. The standard InChI is InChI=1S/C16H15N7O5S4/c1-6-21-22-15(31-6)30-4-7-12(13(26)27)23-10(25)2-11(23)32-16(7,20-9(24)3-18-28)8-5-29-14(17)19-8/h3,5,11,28H,2,4H2,1H3,(H2,17,19)(H,20,24)(H,26,27)/t11-,16?/m0/s1. The van der Waals surface area contributed by atoms with Gasteiger partial charge in [0.15, 0.2) is 14.3 Å². The lowest BCUT2D eigenvalue weighted by molar-refractivity contribution is -0.146. The number of hydrogen-bond acceptors (Lipinski definition) is 13. The topological polar surface area (TPSA) is 184 Å². The number of aryl methyl sites for hydroxylation is 1. The quantitative estimate of drug-likeness (QED) is 0.136. The molecule has 4 rings (SSSR count). The van der Waals surface area contributed by atoms with Gasteiger partial charge in [-0.1, -0.05) is 40.0 Å². The van der Waals surface area contributed by atoms with Crippen molar-refractivity contribution in [1.82, 2.24) is 25.4 Å². The molecule has 0 spiro atoms. The normalized spacial score (nSPS) is 22.7. The first kappa shape index (κ1) is 22.5. The van der Waals surface area contributed by atoms with Crippen LogP contribution in [-0.4, -0.2) is 65.5 Å². The van der Waals surface area contributed by atoms with Crippen LogP contribution in [0.15, 0.2) is 26.1 Å². The summed E-state index contributed by atoms with van der Waals surface area (Å²) in [7, 11) is 0. The van der Waals surface area contributed by atoms with E-state index < -0.39 is 22.1 Å². The van der Waals surface area contributed by atoms with Gasteiger partial charge in [-0.2, -0.15) is 0 Å². The average Bonchev–Trinajstić information content (AvgIpc) is 3.34. The molecule has 0 radical (unpaired) electrons. The third-order valence-corrected chi connectivity index (χ3v) is 8.81. The van der Waals surface area contributed by atoms with Crippen LogP contribution < -0.4 is 11.1 Å². The van der Waals surface area contributed by atoms with Crippen molar-refractivity contribution in [3.63, 3.8) is 0 Å². The Bertz CT molecular complexity index is 1160. The van der Waals surface area contributed by atoms with Crippen molar-refractivity contribution in [2.45, 2.75) is 27.9 Å². The number of carboxylic acid groups (broad SMARTS) is 1. The van der Waals surface area contributed by atoms with Crippen molar-refractivity contribution in [3.05, 3.63) is 27.4 Å². The molecule has 1 unspecified atom stereocenters. The van der Waals surface area contributed by atoms with E-state index in [0.29, 0.717) is 16.2 Å². The second-order valence-electron chi connectivity index (χ2n) is 6.53. The molecule has 2 atom stereocenters. The summed E-state index contributed by atoms with van der Waals surface area (Å²) in [4.78, 5) is 41.2. The molecule has 0 aromatic carbocycles. The molecule has 12 nitrogen and oxygen atoms in total. The molecule has 2 aliphatic rings. The fraction of sp³-hybridized carbons (Fsp3) is 0.312. The average molecular weight is 514 g/mol. The number of carboxylic acids is 1. The minimum atomic E-state index is -1.46. The highest BCUT2D eigenvalue weighted by atomic mass is 32.2. The van der Waals surface area contributed by atoms with Crippen molar-refractivity contribution < 1.29 is 24.7 Å². The predicted molar refractivity (Wildman–Crippen MR) is 119 cm³/mol. The molecular formula is C16H15N7O5S4. The van der Waals surface area contributed by atoms with Crippen LogP contribution in [-0.2, 0) is 19.3 Å². The molecule has 16 heteroatoms. The van der Waals surface area contributed by atoms with Gasteiger partial charge in [-0.05, 0) is 6.92 Å². The van der Waals surface area contributed by atoms with Gasteiger partial charge in [0, 0.05) is 16.7 Å². The van der Waals surface area contributed by atoms with Gasteiger partial charge in [0.1, 0.15) is 16.9 Å². The summed E-state index contributed by atoms with van der Waals surface area (Å²) < 4.78 is 0.594. The van der Waals surface area contributed by atoms with Gasteiger partial charge in [0.05, 0.1) is 17.5 Å². The van der Waals surface area contributed by atoms with Crippen LogP contribution in [0.1, 0.15) is 17.1 Å². The van der Waals surface area contributed by atoms with Gasteiger partial charge in [-0.3, -0.25) is 14.5 Å². The van der Waals surface area contributed by atoms with E-state index in [0.717, 1.165) is 16.3 Å².